The fraction of sp³-hybridized carbons (Fsp3) is 0.333. The van der Waals surface area contributed by atoms with Gasteiger partial charge in [-0.1, -0.05) is 18.6 Å². The van der Waals surface area contributed by atoms with Crippen LogP contribution >= 0.6 is 11.3 Å². The van der Waals surface area contributed by atoms with Gasteiger partial charge in [0.2, 0.25) is 0 Å². The van der Waals surface area contributed by atoms with Crippen molar-refractivity contribution in [3.63, 3.8) is 0 Å². The van der Waals surface area contributed by atoms with Gasteiger partial charge in [0, 0.05) is 23.4 Å². The van der Waals surface area contributed by atoms with E-state index in [1.165, 1.54) is 35.4 Å². The SMILES string of the molecule is O=c1[nH]c(Cc2ccc([N+](=O)[O-])cc2)nc2sc3c(c12)CCCCC3. The maximum atomic E-state index is 12.6. The van der Waals surface area contributed by atoms with Gasteiger partial charge < -0.3 is 4.98 Å². The predicted molar refractivity (Wildman–Crippen MR) is 97.4 cm³/mol. The third-order valence-corrected chi connectivity index (χ3v) is 5.83. The molecule has 1 aliphatic carbocycles. The number of nitro groups is 1. The van der Waals surface area contributed by atoms with Crippen LogP contribution in [0.2, 0.25) is 0 Å². The van der Waals surface area contributed by atoms with Crippen molar-refractivity contribution in [1.29, 1.82) is 0 Å². The molecule has 0 radical (unpaired) electrons. The van der Waals surface area contributed by atoms with Crippen molar-refractivity contribution < 1.29 is 4.92 Å². The topological polar surface area (TPSA) is 88.9 Å². The quantitative estimate of drug-likeness (QED) is 0.440. The number of nitrogens with zero attached hydrogens (tertiary/aromatic N) is 2. The summed E-state index contributed by atoms with van der Waals surface area (Å²) in [5, 5.41) is 11.5. The highest BCUT2D eigenvalue weighted by Gasteiger charge is 2.19. The second kappa shape index (κ2) is 6.40. The Labute approximate surface area is 147 Å². The number of non-ortho nitro benzene ring substituents is 1. The van der Waals surface area contributed by atoms with Gasteiger partial charge in [0.25, 0.3) is 11.2 Å². The lowest BCUT2D eigenvalue weighted by Gasteiger charge is -2.02. The van der Waals surface area contributed by atoms with Gasteiger partial charge in [-0.05, 0) is 36.8 Å². The van der Waals surface area contributed by atoms with Crippen LogP contribution in [-0.2, 0) is 19.3 Å². The summed E-state index contributed by atoms with van der Waals surface area (Å²) in [4.78, 5) is 32.6. The number of hydrogen-bond acceptors (Lipinski definition) is 5. The molecule has 0 atom stereocenters. The van der Waals surface area contributed by atoms with Crippen molar-refractivity contribution >= 4 is 27.2 Å². The molecule has 1 aliphatic rings. The molecule has 0 spiro atoms. The first-order valence-electron chi connectivity index (χ1n) is 8.38. The summed E-state index contributed by atoms with van der Waals surface area (Å²) in [5.41, 5.74) is 2.06. The molecule has 6 nitrogen and oxygen atoms in total. The first kappa shape index (κ1) is 16.0. The Balaban J connectivity index is 1.69. The van der Waals surface area contributed by atoms with E-state index in [2.05, 4.69) is 9.97 Å². The molecular formula is C18H17N3O3S. The van der Waals surface area contributed by atoms with E-state index in [1.54, 1.807) is 23.5 Å². The van der Waals surface area contributed by atoms with Crippen molar-refractivity contribution in [2.45, 2.75) is 38.5 Å². The second-order valence-electron chi connectivity index (χ2n) is 6.36. The number of benzene rings is 1. The van der Waals surface area contributed by atoms with Gasteiger partial charge >= 0.3 is 0 Å². The zero-order valence-corrected chi connectivity index (χ0v) is 14.4. The summed E-state index contributed by atoms with van der Waals surface area (Å²) < 4.78 is 0. The average molecular weight is 355 g/mol. The zero-order chi connectivity index (χ0) is 17.4. The zero-order valence-electron chi connectivity index (χ0n) is 13.6. The highest BCUT2D eigenvalue weighted by atomic mass is 32.1. The molecule has 0 aliphatic heterocycles. The number of nitrogens with one attached hydrogen (secondary N) is 1. The predicted octanol–water partition coefficient (Wildman–Crippen LogP) is 3.75. The maximum absolute atomic E-state index is 12.6. The molecule has 0 fully saturated rings. The van der Waals surface area contributed by atoms with Crippen LogP contribution in [0.3, 0.4) is 0 Å². The van der Waals surface area contributed by atoms with Crippen molar-refractivity contribution in [1.82, 2.24) is 9.97 Å². The molecule has 1 N–H and O–H groups in total. The number of hydrogen-bond donors (Lipinski definition) is 1. The van der Waals surface area contributed by atoms with E-state index in [0.29, 0.717) is 12.2 Å². The van der Waals surface area contributed by atoms with E-state index in [-0.39, 0.29) is 11.2 Å². The van der Waals surface area contributed by atoms with Crippen molar-refractivity contribution in [3.05, 3.63) is 66.6 Å². The number of aryl methyl sites for hydroxylation is 2. The summed E-state index contributed by atoms with van der Waals surface area (Å²) in [6.07, 6.45) is 5.96. The van der Waals surface area contributed by atoms with E-state index >= 15 is 0 Å². The molecule has 128 valence electrons. The van der Waals surface area contributed by atoms with E-state index in [1.807, 2.05) is 0 Å². The minimum absolute atomic E-state index is 0.0580. The smallest absolute Gasteiger partial charge is 0.269 e. The van der Waals surface area contributed by atoms with Crippen LogP contribution in [-0.4, -0.2) is 14.9 Å². The van der Waals surface area contributed by atoms with E-state index in [0.717, 1.165) is 35.0 Å². The fourth-order valence-corrected chi connectivity index (χ4v) is 4.68. The van der Waals surface area contributed by atoms with Crippen LogP contribution in [0.15, 0.2) is 29.1 Å². The Morgan fingerprint density at radius 1 is 1.16 bits per heavy atom. The Hall–Kier alpha value is -2.54. The largest absolute Gasteiger partial charge is 0.310 e. The van der Waals surface area contributed by atoms with Gasteiger partial charge in [-0.3, -0.25) is 14.9 Å². The van der Waals surface area contributed by atoms with Crippen molar-refractivity contribution in [2.24, 2.45) is 0 Å². The molecule has 2 heterocycles. The molecule has 25 heavy (non-hydrogen) atoms. The second-order valence-corrected chi connectivity index (χ2v) is 7.44. The lowest BCUT2D eigenvalue weighted by molar-refractivity contribution is -0.384. The minimum Gasteiger partial charge on any atom is -0.310 e. The normalized spacial score (nSPS) is 14.2. The van der Waals surface area contributed by atoms with E-state index < -0.39 is 4.92 Å². The Bertz CT molecular complexity index is 1000. The molecule has 0 amide bonds. The summed E-state index contributed by atoms with van der Waals surface area (Å²) in [5.74, 6) is 0.600. The highest BCUT2D eigenvalue weighted by Crippen LogP contribution is 2.32. The Morgan fingerprint density at radius 2 is 1.92 bits per heavy atom. The van der Waals surface area contributed by atoms with Gasteiger partial charge in [0.15, 0.2) is 0 Å². The lowest BCUT2D eigenvalue weighted by Crippen LogP contribution is -2.12. The van der Waals surface area contributed by atoms with Gasteiger partial charge in [0.05, 0.1) is 10.3 Å². The fourth-order valence-electron chi connectivity index (χ4n) is 3.40. The molecule has 7 heteroatoms. The molecule has 0 saturated heterocycles. The van der Waals surface area contributed by atoms with Crippen LogP contribution < -0.4 is 5.56 Å². The molecule has 2 aromatic heterocycles. The van der Waals surface area contributed by atoms with Crippen molar-refractivity contribution in [2.75, 3.05) is 0 Å². The first-order chi connectivity index (χ1) is 12.1. The van der Waals surface area contributed by atoms with Crippen LogP contribution in [0.25, 0.3) is 10.2 Å². The number of thiophene rings is 1. The first-order valence-corrected chi connectivity index (χ1v) is 9.20. The molecule has 4 rings (SSSR count). The Morgan fingerprint density at radius 3 is 2.68 bits per heavy atom. The molecule has 0 saturated carbocycles. The summed E-state index contributed by atoms with van der Waals surface area (Å²) >= 11 is 1.64. The number of aromatic amines is 1. The number of nitro benzene ring substituents is 1. The highest BCUT2D eigenvalue weighted by molar-refractivity contribution is 7.18. The van der Waals surface area contributed by atoms with Crippen LogP contribution in [0.4, 0.5) is 5.69 Å². The summed E-state index contributed by atoms with van der Waals surface area (Å²) in [6.45, 7) is 0. The van der Waals surface area contributed by atoms with Gasteiger partial charge in [-0.15, -0.1) is 11.3 Å². The number of fused-ring (bicyclic) bond motifs is 3. The number of aromatic nitrogens is 2. The average Bonchev–Trinajstić information content (AvgIpc) is 2.77. The van der Waals surface area contributed by atoms with Gasteiger partial charge in [-0.25, -0.2) is 4.98 Å². The standard InChI is InChI=1S/C18H17N3O3S/c22-17-16-13-4-2-1-3-5-14(13)25-18(16)20-15(19-17)10-11-6-8-12(9-7-11)21(23)24/h6-9H,1-5,10H2,(H,19,20,22). The van der Waals surface area contributed by atoms with Crippen LogP contribution in [0, 0.1) is 10.1 Å². The van der Waals surface area contributed by atoms with Gasteiger partial charge in [0.1, 0.15) is 10.7 Å². The number of H-pyrrole nitrogens is 1. The van der Waals surface area contributed by atoms with E-state index in [4.69, 9.17) is 0 Å². The van der Waals surface area contributed by atoms with E-state index in [9.17, 15) is 14.9 Å². The molecule has 0 bridgehead atoms. The third kappa shape index (κ3) is 3.07. The lowest BCUT2D eigenvalue weighted by atomic mass is 10.1. The molecular weight excluding hydrogens is 338 g/mol. The molecule has 1 aromatic carbocycles. The van der Waals surface area contributed by atoms with Crippen LogP contribution in [0.1, 0.15) is 41.1 Å². The van der Waals surface area contributed by atoms with Gasteiger partial charge in [-0.2, -0.15) is 0 Å². The minimum atomic E-state index is -0.422. The summed E-state index contributed by atoms with van der Waals surface area (Å²) in [7, 11) is 0. The Kier molecular flexibility index (Phi) is 4.09. The maximum Gasteiger partial charge on any atom is 0.269 e. The number of rotatable bonds is 3. The third-order valence-electron chi connectivity index (χ3n) is 4.64. The molecule has 3 aromatic rings. The van der Waals surface area contributed by atoms with Crippen molar-refractivity contribution in [3.8, 4) is 0 Å². The summed E-state index contributed by atoms with van der Waals surface area (Å²) in [6, 6.07) is 6.34. The van der Waals surface area contributed by atoms with Crippen LogP contribution in [0.5, 0.6) is 0 Å². The monoisotopic (exact) mass is 355 g/mol. The molecule has 0 unspecified atom stereocenters.